The quantitative estimate of drug-likeness (QED) is 0.719. The summed E-state index contributed by atoms with van der Waals surface area (Å²) in [6, 6.07) is 0.815. The van der Waals surface area contributed by atoms with Crippen LogP contribution in [0, 0.1) is 17.8 Å². The Bertz CT molecular complexity index is 214. The molecule has 1 heteroatoms. The van der Waals surface area contributed by atoms with Crippen LogP contribution in [-0.2, 0) is 0 Å². The highest BCUT2D eigenvalue weighted by Crippen LogP contribution is 2.29. The molecule has 100 valence electrons. The van der Waals surface area contributed by atoms with Gasteiger partial charge in [-0.2, -0.15) is 0 Å². The van der Waals surface area contributed by atoms with Gasteiger partial charge in [0, 0.05) is 6.04 Å². The molecule has 2 saturated carbocycles. The van der Waals surface area contributed by atoms with Crippen LogP contribution in [0.25, 0.3) is 0 Å². The van der Waals surface area contributed by atoms with Gasteiger partial charge in [-0.3, -0.25) is 0 Å². The molecule has 4 atom stereocenters. The van der Waals surface area contributed by atoms with Gasteiger partial charge in [0.1, 0.15) is 0 Å². The van der Waals surface area contributed by atoms with Gasteiger partial charge in [-0.05, 0) is 50.0 Å². The van der Waals surface area contributed by atoms with Crippen molar-refractivity contribution in [1.29, 1.82) is 0 Å². The molecule has 0 aromatic heterocycles. The molecule has 4 unspecified atom stereocenters. The van der Waals surface area contributed by atoms with Gasteiger partial charge in [0.25, 0.3) is 0 Å². The summed E-state index contributed by atoms with van der Waals surface area (Å²) >= 11 is 0. The van der Waals surface area contributed by atoms with Crippen LogP contribution in [-0.4, -0.2) is 12.6 Å². The van der Waals surface area contributed by atoms with E-state index < -0.39 is 0 Å². The Morgan fingerprint density at radius 1 is 0.882 bits per heavy atom. The van der Waals surface area contributed by atoms with E-state index in [1.807, 2.05) is 0 Å². The van der Waals surface area contributed by atoms with E-state index in [1.54, 1.807) is 0 Å². The third-order valence-electron chi connectivity index (χ3n) is 5.08. The third-order valence-corrected chi connectivity index (χ3v) is 5.08. The van der Waals surface area contributed by atoms with Crippen LogP contribution in [0.1, 0.15) is 71.6 Å². The van der Waals surface area contributed by atoms with E-state index in [2.05, 4.69) is 19.2 Å². The maximum atomic E-state index is 3.90. The molecule has 2 fully saturated rings. The van der Waals surface area contributed by atoms with Gasteiger partial charge >= 0.3 is 0 Å². The zero-order chi connectivity index (χ0) is 12.1. The highest BCUT2D eigenvalue weighted by Gasteiger charge is 2.23. The molecule has 2 aliphatic carbocycles. The molecule has 0 spiro atoms. The Hall–Kier alpha value is -0.0400. The number of hydrogen-bond acceptors (Lipinski definition) is 1. The molecule has 0 saturated heterocycles. The average molecular weight is 237 g/mol. The van der Waals surface area contributed by atoms with Gasteiger partial charge in [0.15, 0.2) is 0 Å². The van der Waals surface area contributed by atoms with Crippen molar-refractivity contribution in [2.24, 2.45) is 17.8 Å². The second-order valence-electron chi connectivity index (χ2n) is 6.77. The summed E-state index contributed by atoms with van der Waals surface area (Å²) in [7, 11) is 0. The second kappa shape index (κ2) is 6.78. The van der Waals surface area contributed by atoms with Crippen LogP contribution >= 0.6 is 0 Å². The van der Waals surface area contributed by atoms with Crippen LogP contribution in [0.4, 0.5) is 0 Å². The lowest BCUT2D eigenvalue weighted by atomic mass is 9.82. The molecule has 0 amide bonds. The molecule has 0 aliphatic heterocycles. The average Bonchev–Trinajstić information content (AvgIpc) is 2.52. The third kappa shape index (κ3) is 4.28. The van der Waals surface area contributed by atoms with Crippen molar-refractivity contribution < 1.29 is 0 Å². The van der Waals surface area contributed by atoms with Crippen molar-refractivity contribution in [3.8, 4) is 0 Å². The minimum atomic E-state index is 0.815. The zero-order valence-electron chi connectivity index (χ0n) is 11.9. The van der Waals surface area contributed by atoms with E-state index in [0.29, 0.717) is 0 Å². The first-order valence-corrected chi connectivity index (χ1v) is 7.99. The first-order chi connectivity index (χ1) is 8.25. The molecule has 2 rings (SSSR count). The number of hydrogen-bond donors (Lipinski definition) is 1. The van der Waals surface area contributed by atoms with Crippen LogP contribution < -0.4 is 5.32 Å². The lowest BCUT2D eigenvalue weighted by Crippen LogP contribution is -2.38. The van der Waals surface area contributed by atoms with Crippen molar-refractivity contribution in [3.63, 3.8) is 0 Å². The molecule has 0 aromatic rings. The molecule has 0 radical (unpaired) electrons. The summed E-state index contributed by atoms with van der Waals surface area (Å²) in [4.78, 5) is 0. The molecular formula is C16H31N. The van der Waals surface area contributed by atoms with E-state index in [0.717, 1.165) is 23.8 Å². The van der Waals surface area contributed by atoms with Crippen molar-refractivity contribution in [2.75, 3.05) is 6.54 Å². The smallest absolute Gasteiger partial charge is 0.00928 e. The van der Waals surface area contributed by atoms with Crippen LogP contribution in [0.2, 0.25) is 0 Å². The lowest BCUT2D eigenvalue weighted by molar-refractivity contribution is 0.251. The monoisotopic (exact) mass is 237 g/mol. The predicted molar refractivity (Wildman–Crippen MR) is 75.2 cm³/mol. The molecule has 17 heavy (non-hydrogen) atoms. The van der Waals surface area contributed by atoms with Gasteiger partial charge in [-0.1, -0.05) is 46.0 Å². The Balaban J connectivity index is 1.72. The highest BCUT2D eigenvalue weighted by atomic mass is 14.9. The summed E-state index contributed by atoms with van der Waals surface area (Å²) in [5.74, 6) is 2.84. The predicted octanol–water partition coefficient (Wildman–Crippen LogP) is 4.37. The van der Waals surface area contributed by atoms with E-state index in [4.69, 9.17) is 0 Å². The lowest BCUT2D eigenvalue weighted by Gasteiger charge is -2.30. The first kappa shape index (κ1) is 13.4. The molecule has 0 heterocycles. The van der Waals surface area contributed by atoms with Gasteiger partial charge < -0.3 is 5.32 Å². The summed E-state index contributed by atoms with van der Waals surface area (Å²) in [6.07, 6.45) is 13.1. The molecular weight excluding hydrogens is 206 g/mol. The zero-order valence-corrected chi connectivity index (χ0v) is 11.9. The molecule has 1 nitrogen and oxygen atoms in total. The highest BCUT2D eigenvalue weighted by molar-refractivity contribution is 4.79. The van der Waals surface area contributed by atoms with Crippen molar-refractivity contribution in [2.45, 2.75) is 77.7 Å². The van der Waals surface area contributed by atoms with Crippen LogP contribution in [0.5, 0.6) is 0 Å². The van der Waals surface area contributed by atoms with Gasteiger partial charge in [0.05, 0.1) is 0 Å². The van der Waals surface area contributed by atoms with Crippen molar-refractivity contribution in [1.82, 2.24) is 5.32 Å². The van der Waals surface area contributed by atoms with E-state index in [9.17, 15) is 0 Å². The first-order valence-electron chi connectivity index (χ1n) is 7.99. The Labute approximate surface area is 108 Å². The van der Waals surface area contributed by atoms with E-state index >= 15 is 0 Å². The van der Waals surface area contributed by atoms with Crippen LogP contribution in [0.3, 0.4) is 0 Å². The normalized spacial score (nSPS) is 39.9. The summed E-state index contributed by atoms with van der Waals surface area (Å²) in [5, 5.41) is 3.90. The minimum Gasteiger partial charge on any atom is -0.313 e. The fourth-order valence-corrected chi connectivity index (χ4v) is 3.86. The minimum absolute atomic E-state index is 0.815. The number of nitrogens with one attached hydrogen (secondary N) is 1. The van der Waals surface area contributed by atoms with Crippen molar-refractivity contribution >= 4 is 0 Å². The summed E-state index contributed by atoms with van der Waals surface area (Å²) < 4.78 is 0. The SMILES string of the molecule is CC1CCCC(CNC2CCCCCC2C)C1. The summed E-state index contributed by atoms with van der Waals surface area (Å²) in [6.45, 7) is 6.17. The maximum Gasteiger partial charge on any atom is 0.00928 e. The Morgan fingerprint density at radius 3 is 2.53 bits per heavy atom. The molecule has 2 aliphatic rings. The summed E-state index contributed by atoms with van der Waals surface area (Å²) in [5.41, 5.74) is 0. The topological polar surface area (TPSA) is 12.0 Å². The van der Waals surface area contributed by atoms with Gasteiger partial charge in [-0.25, -0.2) is 0 Å². The molecule has 0 aromatic carbocycles. The fourth-order valence-electron chi connectivity index (χ4n) is 3.86. The standard InChI is InChI=1S/C16H31N/c1-13-7-6-9-15(11-13)12-17-16-10-5-3-4-8-14(16)2/h13-17H,3-12H2,1-2H3. The van der Waals surface area contributed by atoms with E-state index in [-0.39, 0.29) is 0 Å². The van der Waals surface area contributed by atoms with Gasteiger partial charge in [0.2, 0.25) is 0 Å². The Kier molecular flexibility index (Phi) is 5.34. The maximum absolute atomic E-state index is 3.90. The number of rotatable bonds is 3. The van der Waals surface area contributed by atoms with Crippen molar-refractivity contribution in [3.05, 3.63) is 0 Å². The van der Waals surface area contributed by atoms with E-state index in [1.165, 1.54) is 64.3 Å². The Morgan fingerprint density at radius 2 is 1.71 bits per heavy atom. The van der Waals surface area contributed by atoms with Gasteiger partial charge in [-0.15, -0.1) is 0 Å². The molecule has 0 bridgehead atoms. The largest absolute Gasteiger partial charge is 0.313 e. The fraction of sp³-hybridized carbons (Fsp3) is 1.00. The van der Waals surface area contributed by atoms with Crippen LogP contribution in [0.15, 0.2) is 0 Å². The molecule has 1 N–H and O–H groups in total. The second-order valence-corrected chi connectivity index (χ2v) is 6.77.